The van der Waals surface area contributed by atoms with E-state index >= 15 is 0 Å². The van der Waals surface area contributed by atoms with E-state index in [0.717, 1.165) is 13.0 Å². The van der Waals surface area contributed by atoms with Crippen LogP contribution < -0.4 is 10.1 Å². The fourth-order valence-electron chi connectivity index (χ4n) is 1.27. The van der Waals surface area contributed by atoms with Gasteiger partial charge in [0.15, 0.2) is 6.61 Å². The highest BCUT2D eigenvalue weighted by Gasteiger charge is 2.10. The molecule has 4 nitrogen and oxygen atoms in total. The molecule has 0 fully saturated rings. The SMILES string of the molecule is CCCNc1cc(OCC(F)F)nc(C(C)C)n1. The number of nitrogens with one attached hydrogen (secondary N) is 1. The Hall–Kier alpha value is -1.46. The Morgan fingerprint density at radius 2 is 2.06 bits per heavy atom. The number of rotatable bonds is 7. The van der Waals surface area contributed by atoms with Gasteiger partial charge in [0.2, 0.25) is 5.88 Å². The van der Waals surface area contributed by atoms with Crippen LogP contribution in [0.15, 0.2) is 6.07 Å². The number of nitrogens with zero attached hydrogens (tertiary/aromatic N) is 2. The van der Waals surface area contributed by atoms with E-state index in [2.05, 4.69) is 15.3 Å². The van der Waals surface area contributed by atoms with Gasteiger partial charge in [-0.2, -0.15) is 4.98 Å². The van der Waals surface area contributed by atoms with E-state index in [-0.39, 0.29) is 11.8 Å². The molecule has 18 heavy (non-hydrogen) atoms. The summed E-state index contributed by atoms with van der Waals surface area (Å²) in [7, 11) is 0. The Bertz CT molecular complexity index is 372. The van der Waals surface area contributed by atoms with Crippen molar-refractivity contribution in [1.82, 2.24) is 9.97 Å². The van der Waals surface area contributed by atoms with E-state index in [1.54, 1.807) is 6.07 Å². The van der Waals surface area contributed by atoms with Gasteiger partial charge in [-0.1, -0.05) is 20.8 Å². The molecule has 1 rings (SSSR count). The normalized spacial score (nSPS) is 11.1. The first kappa shape index (κ1) is 14.6. The van der Waals surface area contributed by atoms with Crippen molar-refractivity contribution in [3.8, 4) is 5.88 Å². The highest BCUT2D eigenvalue weighted by Crippen LogP contribution is 2.19. The molecule has 0 aromatic carbocycles. The molecule has 0 atom stereocenters. The van der Waals surface area contributed by atoms with Gasteiger partial charge < -0.3 is 10.1 Å². The fourth-order valence-corrected chi connectivity index (χ4v) is 1.27. The first-order valence-corrected chi connectivity index (χ1v) is 6.06. The van der Waals surface area contributed by atoms with Crippen molar-refractivity contribution in [3.05, 3.63) is 11.9 Å². The van der Waals surface area contributed by atoms with Crippen LogP contribution in [-0.2, 0) is 0 Å². The number of halogens is 2. The molecule has 1 aromatic rings. The van der Waals surface area contributed by atoms with E-state index in [1.807, 2.05) is 20.8 Å². The van der Waals surface area contributed by atoms with Gasteiger partial charge in [0.05, 0.1) is 0 Å². The number of hydrogen-bond donors (Lipinski definition) is 1. The monoisotopic (exact) mass is 259 g/mol. The Kier molecular flexibility index (Phi) is 5.74. The lowest BCUT2D eigenvalue weighted by Crippen LogP contribution is -2.11. The van der Waals surface area contributed by atoms with Crippen LogP contribution in [0, 0.1) is 0 Å². The van der Waals surface area contributed by atoms with E-state index in [0.29, 0.717) is 11.6 Å². The first-order valence-electron chi connectivity index (χ1n) is 6.06. The number of anilines is 1. The summed E-state index contributed by atoms with van der Waals surface area (Å²) in [5.41, 5.74) is 0. The molecule has 102 valence electrons. The standard InChI is InChI=1S/C12H19F2N3O/c1-4-5-15-10-6-11(18-7-9(13)14)17-12(16-10)8(2)3/h6,8-9H,4-5,7H2,1-3H3,(H,15,16,17). The molecule has 6 heteroatoms. The summed E-state index contributed by atoms with van der Waals surface area (Å²) in [6.07, 6.45) is -1.55. The summed E-state index contributed by atoms with van der Waals surface area (Å²) in [6, 6.07) is 1.55. The molecule has 0 radical (unpaired) electrons. The average Bonchev–Trinajstić information content (AvgIpc) is 2.33. The van der Waals surface area contributed by atoms with Crippen LogP contribution in [0.25, 0.3) is 0 Å². The molecule has 0 saturated heterocycles. The van der Waals surface area contributed by atoms with Gasteiger partial charge in [0, 0.05) is 18.5 Å². The lowest BCUT2D eigenvalue weighted by atomic mass is 10.2. The smallest absolute Gasteiger partial charge is 0.272 e. The Labute approximate surface area is 106 Å². The highest BCUT2D eigenvalue weighted by molar-refractivity contribution is 5.38. The van der Waals surface area contributed by atoms with Gasteiger partial charge in [-0.25, -0.2) is 13.8 Å². The van der Waals surface area contributed by atoms with Crippen LogP contribution >= 0.6 is 0 Å². The number of hydrogen-bond acceptors (Lipinski definition) is 4. The summed E-state index contributed by atoms with van der Waals surface area (Å²) < 4.78 is 29.1. The van der Waals surface area contributed by atoms with Crippen LogP contribution in [0.5, 0.6) is 5.88 Å². The van der Waals surface area contributed by atoms with Gasteiger partial charge >= 0.3 is 0 Å². The molecule has 0 aliphatic carbocycles. The molecule has 0 unspecified atom stereocenters. The number of ether oxygens (including phenoxy) is 1. The van der Waals surface area contributed by atoms with Crippen molar-refractivity contribution >= 4 is 5.82 Å². The summed E-state index contributed by atoms with van der Waals surface area (Å²) in [4.78, 5) is 8.41. The number of aromatic nitrogens is 2. The summed E-state index contributed by atoms with van der Waals surface area (Å²) >= 11 is 0. The van der Waals surface area contributed by atoms with Crippen molar-refractivity contribution in [3.63, 3.8) is 0 Å². The minimum atomic E-state index is -2.51. The second kappa shape index (κ2) is 7.08. The maximum Gasteiger partial charge on any atom is 0.272 e. The topological polar surface area (TPSA) is 47.0 Å². The molecule has 0 bridgehead atoms. The van der Waals surface area contributed by atoms with Crippen molar-refractivity contribution in [2.24, 2.45) is 0 Å². The summed E-state index contributed by atoms with van der Waals surface area (Å²) in [6.45, 7) is 6.03. The maximum atomic E-state index is 12.1. The summed E-state index contributed by atoms with van der Waals surface area (Å²) in [5.74, 6) is 1.50. The van der Waals surface area contributed by atoms with Crippen molar-refractivity contribution in [1.29, 1.82) is 0 Å². The molecule has 0 amide bonds. The second-order valence-corrected chi connectivity index (χ2v) is 4.23. The average molecular weight is 259 g/mol. The van der Waals surface area contributed by atoms with Crippen LogP contribution in [0.4, 0.5) is 14.6 Å². The molecular formula is C12H19F2N3O. The molecule has 0 spiro atoms. The van der Waals surface area contributed by atoms with Gasteiger partial charge in [-0.15, -0.1) is 0 Å². The predicted molar refractivity (Wildman–Crippen MR) is 66.4 cm³/mol. The molecule has 1 heterocycles. The fraction of sp³-hybridized carbons (Fsp3) is 0.667. The van der Waals surface area contributed by atoms with Crippen LogP contribution in [0.2, 0.25) is 0 Å². The Morgan fingerprint density at radius 3 is 2.61 bits per heavy atom. The first-order chi connectivity index (χ1) is 8.52. The van der Waals surface area contributed by atoms with Crippen molar-refractivity contribution in [2.75, 3.05) is 18.5 Å². The van der Waals surface area contributed by atoms with Gasteiger partial charge in [-0.3, -0.25) is 0 Å². The lowest BCUT2D eigenvalue weighted by molar-refractivity contribution is 0.0794. The molecule has 0 saturated carbocycles. The van der Waals surface area contributed by atoms with Crippen molar-refractivity contribution < 1.29 is 13.5 Å². The third-order valence-corrected chi connectivity index (χ3v) is 2.15. The van der Waals surface area contributed by atoms with E-state index in [9.17, 15) is 8.78 Å². The Morgan fingerprint density at radius 1 is 1.33 bits per heavy atom. The van der Waals surface area contributed by atoms with Gasteiger partial charge in [-0.05, 0) is 6.42 Å². The quantitative estimate of drug-likeness (QED) is 0.817. The molecular weight excluding hydrogens is 240 g/mol. The molecule has 0 aliphatic heterocycles. The minimum Gasteiger partial charge on any atom is -0.471 e. The lowest BCUT2D eigenvalue weighted by Gasteiger charge is -2.11. The number of alkyl halides is 2. The minimum absolute atomic E-state index is 0.113. The zero-order valence-corrected chi connectivity index (χ0v) is 10.9. The van der Waals surface area contributed by atoms with Gasteiger partial charge in [0.1, 0.15) is 11.6 Å². The Balaban J connectivity index is 2.83. The zero-order chi connectivity index (χ0) is 13.5. The second-order valence-electron chi connectivity index (χ2n) is 4.23. The zero-order valence-electron chi connectivity index (χ0n) is 10.9. The summed E-state index contributed by atoms with van der Waals surface area (Å²) in [5, 5.41) is 3.10. The predicted octanol–water partition coefficient (Wildman–Crippen LogP) is 3.07. The molecule has 1 aromatic heterocycles. The van der Waals surface area contributed by atoms with Crippen LogP contribution in [-0.4, -0.2) is 29.5 Å². The van der Waals surface area contributed by atoms with Crippen LogP contribution in [0.1, 0.15) is 38.9 Å². The maximum absolute atomic E-state index is 12.1. The van der Waals surface area contributed by atoms with Crippen molar-refractivity contribution in [2.45, 2.75) is 39.5 Å². The molecule has 1 N–H and O–H groups in total. The third kappa shape index (κ3) is 4.81. The van der Waals surface area contributed by atoms with E-state index in [4.69, 9.17) is 4.74 Å². The molecule has 0 aliphatic rings. The van der Waals surface area contributed by atoms with Gasteiger partial charge in [0.25, 0.3) is 6.43 Å². The van der Waals surface area contributed by atoms with Crippen LogP contribution in [0.3, 0.4) is 0 Å². The highest BCUT2D eigenvalue weighted by atomic mass is 19.3. The largest absolute Gasteiger partial charge is 0.471 e. The van der Waals surface area contributed by atoms with E-state index in [1.165, 1.54) is 0 Å². The third-order valence-electron chi connectivity index (χ3n) is 2.15. The van der Waals surface area contributed by atoms with E-state index < -0.39 is 13.0 Å².